The van der Waals surface area contributed by atoms with Crippen molar-refractivity contribution in [2.75, 3.05) is 0 Å². The van der Waals surface area contributed by atoms with Crippen LogP contribution in [0.2, 0.25) is 5.02 Å². The normalized spacial score (nSPS) is 11.0. The number of carbonyl (C=O) groups excluding carboxylic acids is 1. The van der Waals surface area contributed by atoms with Crippen LogP contribution < -0.4 is 0 Å². The lowest BCUT2D eigenvalue weighted by atomic mass is 10.1. The van der Waals surface area contributed by atoms with Crippen LogP contribution in [-0.4, -0.2) is 9.81 Å². The van der Waals surface area contributed by atoms with Crippen LogP contribution in [0, 0.1) is 6.92 Å². The summed E-state index contributed by atoms with van der Waals surface area (Å²) >= 11 is 11.5. The molecule has 0 saturated carbocycles. The Morgan fingerprint density at radius 1 is 1.14 bits per heavy atom. The zero-order valence-electron chi connectivity index (χ0n) is 11.4. The fourth-order valence-electron chi connectivity index (χ4n) is 2.52. The fourth-order valence-corrected chi connectivity index (χ4v) is 2.76. The van der Waals surface area contributed by atoms with E-state index in [1.165, 1.54) is 5.56 Å². The Bertz CT molecular complexity index is 819. The van der Waals surface area contributed by atoms with Gasteiger partial charge in [0.2, 0.25) is 0 Å². The summed E-state index contributed by atoms with van der Waals surface area (Å²) in [5.41, 5.74) is 3.85. The molecule has 0 aliphatic rings. The third-order valence-corrected chi connectivity index (χ3v) is 4.04. The third kappa shape index (κ3) is 2.82. The maximum absolute atomic E-state index is 11.3. The minimum absolute atomic E-state index is 0.436. The smallest absolute Gasteiger partial charge is 0.252 e. The van der Waals surface area contributed by atoms with Gasteiger partial charge in [-0.25, -0.2) is 0 Å². The molecule has 3 aromatic rings. The van der Waals surface area contributed by atoms with Gasteiger partial charge in [-0.1, -0.05) is 29.8 Å². The molecule has 1 heterocycles. The highest BCUT2D eigenvalue weighted by Crippen LogP contribution is 2.24. The Kier molecular flexibility index (Phi) is 3.75. The second kappa shape index (κ2) is 5.55. The van der Waals surface area contributed by atoms with Crippen molar-refractivity contribution in [3.05, 3.63) is 70.4 Å². The van der Waals surface area contributed by atoms with Gasteiger partial charge in [0, 0.05) is 34.2 Å². The van der Waals surface area contributed by atoms with Crippen LogP contribution in [0.15, 0.2) is 48.7 Å². The van der Waals surface area contributed by atoms with Crippen LogP contribution in [-0.2, 0) is 6.54 Å². The van der Waals surface area contributed by atoms with Crippen molar-refractivity contribution >= 4 is 39.3 Å². The molecular weight excluding hydrogens is 305 g/mol. The Labute approximate surface area is 132 Å². The van der Waals surface area contributed by atoms with Crippen LogP contribution in [0.25, 0.3) is 10.9 Å². The fraction of sp³-hybridized carbons (Fsp3) is 0.118. The van der Waals surface area contributed by atoms with Crippen molar-refractivity contribution in [1.82, 2.24) is 4.57 Å². The van der Waals surface area contributed by atoms with E-state index in [1.54, 1.807) is 6.07 Å². The van der Waals surface area contributed by atoms with Crippen LogP contribution in [0.5, 0.6) is 0 Å². The first-order valence-electron chi connectivity index (χ1n) is 6.58. The van der Waals surface area contributed by atoms with Gasteiger partial charge in [0.1, 0.15) is 0 Å². The topological polar surface area (TPSA) is 22.0 Å². The second-order valence-corrected chi connectivity index (χ2v) is 5.85. The standard InChI is InChI=1S/C17H13Cl2NO/c1-11-9-20(10-12-2-5-14(18)6-3-12)16-8-13(17(19)21)4-7-15(11)16/h2-9H,10H2,1H3. The molecule has 0 aliphatic heterocycles. The molecule has 2 nitrogen and oxygen atoms in total. The summed E-state index contributed by atoms with van der Waals surface area (Å²) in [6.45, 7) is 2.78. The van der Waals surface area contributed by atoms with Crippen molar-refractivity contribution < 1.29 is 4.79 Å². The van der Waals surface area contributed by atoms with E-state index in [2.05, 4.69) is 17.7 Å². The molecule has 0 N–H and O–H groups in total. The number of halogens is 2. The predicted molar refractivity (Wildman–Crippen MR) is 87.4 cm³/mol. The van der Waals surface area contributed by atoms with E-state index in [0.717, 1.165) is 28.0 Å². The molecule has 0 unspecified atom stereocenters. The average Bonchev–Trinajstić information content (AvgIpc) is 2.77. The number of aromatic nitrogens is 1. The molecule has 0 radical (unpaired) electrons. The summed E-state index contributed by atoms with van der Waals surface area (Å²) < 4.78 is 2.12. The Morgan fingerprint density at radius 2 is 1.86 bits per heavy atom. The number of hydrogen-bond acceptors (Lipinski definition) is 1. The van der Waals surface area contributed by atoms with Gasteiger partial charge in [-0.2, -0.15) is 0 Å². The first-order chi connectivity index (χ1) is 10.0. The van der Waals surface area contributed by atoms with Crippen LogP contribution in [0.4, 0.5) is 0 Å². The van der Waals surface area contributed by atoms with Crippen LogP contribution >= 0.6 is 23.2 Å². The van der Waals surface area contributed by atoms with Crippen molar-refractivity contribution in [3.8, 4) is 0 Å². The summed E-state index contributed by atoms with van der Waals surface area (Å²) in [6, 6.07) is 13.3. The summed E-state index contributed by atoms with van der Waals surface area (Å²) in [4.78, 5) is 11.3. The van der Waals surface area contributed by atoms with E-state index in [9.17, 15) is 4.79 Å². The zero-order chi connectivity index (χ0) is 15.0. The number of aryl methyl sites for hydroxylation is 1. The largest absolute Gasteiger partial charge is 0.343 e. The number of benzene rings is 2. The van der Waals surface area contributed by atoms with E-state index < -0.39 is 5.24 Å². The second-order valence-electron chi connectivity index (χ2n) is 5.07. The molecule has 2 aromatic carbocycles. The van der Waals surface area contributed by atoms with Crippen molar-refractivity contribution in [2.24, 2.45) is 0 Å². The van der Waals surface area contributed by atoms with Gasteiger partial charge in [0.05, 0.1) is 0 Å². The predicted octanol–water partition coefficient (Wildman–Crippen LogP) is 5.03. The monoisotopic (exact) mass is 317 g/mol. The molecule has 1 aromatic heterocycles. The van der Waals surface area contributed by atoms with Gasteiger partial charge in [-0.15, -0.1) is 0 Å². The molecule has 3 rings (SSSR count). The molecule has 0 aliphatic carbocycles. The molecule has 0 atom stereocenters. The molecule has 21 heavy (non-hydrogen) atoms. The highest BCUT2D eigenvalue weighted by atomic mass is 35.5. The van der Waals surface area contributed by atoms with E-state index in [-0.39, 0.29) is 0 Å². The van der Waals surface area contributed by atoms with E-state index >= 15 is 0 Å². The lowest BCUT2D eigenvalue weighted by Crippen LogP contribution is -1.98. The number of rotatable bonds is 3. The maximum atomic E-state index is 11.3. The highest BCUT2D eigenvalue weighted by molar-refractivity contribution is 6.67. The Balaban J connectivity index is 2.07. The average molecular weight is 318 g/mol. The molecular formula is C17H13Cl2NO. The molecule has 106 valence electrons. The number of hydrogen-bond donors (Lipinski definition) is 0. The molecule has 0 saturated heterocycles. The first kappa shape index (κ1) is 14.2. The summed E-state index contributed by atoms with van der Waals surface area (Å²) in [5.74, 6) is 0. The van der Waals surface area contributed by atoms with Crippen LogP contribution in [0.3, 0.4) is 0 Å². The maximum Gasteiger partial charge on any atom is 0.252 e. The van der Waals surface area contributed by atoms with Gasteiger partial charge in [0.25, 0.3) is 5.24 Å². The first-order valence-corrected chi connectivity index (χ1v) is 7.34. The minimum atomic E-state index is -0.436. The molecule has 0 fully saturated rings. The van der Waals surface area contributed by atoms with Gasteiger partial charge in [-0.3, -0.25) is 4.79 Å². The quantitative estimate of drug-likeness (QED) is 0.621. The van der Waals surface area contributed by atoms with Gasteiger partial charge in [0.15, 0.2) is 0 Å². The number of carbonyl (C=O) groups is 1. The van der Waals surface area contributed by atoms with Crippen molar-refractivity contribution in [3.63, 3.8) is 0 Å². The minimum Gasteiger partial charge on any atom is -0.343 e. The van der Waals surface area contributed by atoms with E-state index in [0.29, 0.717) is 5.56 Å². The van der Waals surface area contributed by atoms with Gasteiger partial charge < -0.3 is 4.57 Å². The molecule has 0 spiro atoms. The SMILES string of the molecule is Cc1cn(Cc2ccc(Cl)cc2)c2cc(C(=O)Cl)ccc12. The number of fused-ring (bicyclic) bond motifs is 1. The van der Waals surface area contributed by atoms with Gasteiger partial charge in [-0.05, 0) is 53.9 Å². The highest BCUT2D eigenvalue weighted by Gasteiger charge is 2.09. The van der Waals surface area contributed by atoms with E-state index in [1.807, 2.05) is 36.4 Å². The lowest BCUT2D eigenvalue weighted by molar-refractivity contribution is 0.108. The zero-order valence-corrected chi connectivity index (χ0v) is 12.9. The molecule has 4 heteroatoms. The van der Waals surface area contributed by atoms with Crippen LogP contribution in [0.1, 0.15) is 21.5 Å². The third-order valence-electron chi connectivity index (χ3n) is 3.57. The number of nitrogens with zero attached hydrogens (tertiary/aromatic N) is 1. The summed E-state index contributed by atoms with van der Waals surface area (Å²) in [5, 5.41) is 1.42. The summed E-state index contributed by atoms with van der Waals surface area (Å²) in [7, 11) is 0. The summed E-state index contributed by atoms with van der Waals surface area (Å²) in [6.07, 6.45) is 2.09. The van der Waals surface area contributed by atoms with Gasteiger partial charge >= 0.3 is 0 Å². The lowest BCUT2D eigenvalue weighted by Gasteiger charge is -2.06. The molecule has 0 bridgehead atoms. The Hall–Kier alpha value is -1.77. The van der Waals surface area contributed by atoms with Crippen molar-refractivity contribution in [1.29, 1.82) is 0 Å². The molecule has 0 amide bonds. The van der Waals surface area contributed by atoms with Crippen molar-refractivity contribution in [2.45, 2.75) is 13.5 Å². The Morgan fingerprint density at radius 3 is 2.52 bits per heavy atom. The van der Waals surface area contributed by atoms with E-state index in [4.69, 9.17) is 23.2 Å².